The Hall–Kier alpha value is -1.70. The summed E-state index contributed by atoms with van der Waals surface area (Å²) in [5.74, 6) is 0.478. The van der Waals surface area contributed by atoms with E-state index in [-0.39, 0.29) is 12.2 Å². The molecule has 4 nitrogen and oxygen atoms in total. The minimum absolute atomic E-state index is 0.209. The number of anilines is 1. The zero-order valence-corrected chi connectivity index (χ0v) is 6.29. The van der Waals surface area contributed by atoms with Crippen LogP contribution in [0, 0.1) is 11.3 Å². The van der Waals surface area contributed by atoms with E-state index in [0.717, 1.165) is 0 Å². The highest BCUT2D eigenvalue weighted by Gasteiger charge is 1.94. The van der Waals surface area contributed by atoms with Gasteiger partial charge in [0.1, 0.15) is 18.6 Å². The van der Waals surface area contributed by atoms with Crippen molar-refractivity contribution in [1.82, 2.24) is 10.2 Å². The first kappa shape index (κ1) is 8.40. The Morgan fingerprint density at radius 3 is 2.83 bits per heavy atom. The summed E-state index contributed by atoms with van der Waals surface area (Å²) in [5.41, 5.74) is 0.251. The zero-order chi connectivity index (χ0) is 8.81. The topological polar surface area (TPSA) is 61.6 Å². The minimum Gasteiger partial charge on any atom is -0.366 e. The number of hydrogen-bond acceptors (Lipinski definition) is 4. The molecular weight excluding hydrogens is 159 g/mol. The summed E-state index contributed by atoms with van der Waals surface area (Å²) in [4.78, 5) is 0. The average Bonchev–Trinajstić information content (AvgIpc) is 2.15. The highest BCUT2D eigenvalue weighted by atomic mass is 19.1. The summed E-state index contributed by atoms with van der Waals surface area (Å²) < 4.78 is 11.7. The molecule has 1 aromatic heterocycles. The molecule has 0 atom stereocenters. The van der Waals surface area contributed by atoms with Gasteiger partial charge in [0, 0.05) is 6.54 Å². The van der Waals surface area contributed by atoms with Gasteiger partial charge in [-0.15, -0.1) is 10.2 Å². The van der Waals surface area contributed by atoms with E-state index in [2.05, 4.69) is 15.5 Å². The minimum atomic E-state index is -0.457. The fourth-order valence-corrected chi connectivity index (χ4v) is 0.661. The van der Waals surface area contributed by atoms with Crippen LogP contribution in [0.2, 0.25) is 0 Å². The van der Waals surface area contributed by atoms with Crippen molar-refractivity contribution < 1.29 is 4.39 Å². The van der Waals surface area contributed by atoms with Crippen LogP contribution in [0.1, 0.15) is 5.69 Å². The molecule has 0 radical (unpaired) electrons. The Balaban J connectivity index is 2.60. The Morgan fingerprint density at radius 2 is 2.33 bits per heavy atom. The van der Waals surface area contributed by atoms with E-state index in [1.54, 1.807) is 6.07 Å². The molecule has 0 unspecified atom stereocenters. The van der Waals surface area contributed by atoms with Gasteiger partial charge in [0.25, 0.3) is 0 Å². The third-order valence-electron chi connectivity index (χ3n) is 1.18. The maximum Gasteiger partial charge on any atom is 0.163 e. The third-order valence-corrected chi connectivity index (χ3v) is 1.18. The molecule has 1 N–H and O–H groups in total. The summed E-state index contributed by atoms with van der Waals surface area (Å²) in [6.07, 6.45) is 0. The monoisotopic (exact) mass is 166 g/mol. The van der Waals surface area contributed by atoms with E-state index in [0.29, 0.717) is 5.82 Å². The van der Waals surface area contributed by atoms with Gasteiger partial charge in [0.15, 0.2) is 5.69 Å². The Labute approximate surface area is 69.0 Å². The van der Waals surface area contributed by atoms with Crippen molar-refractivity contribution >= 4 is 5.82 Å². The molecule has 1 heterocycles. The van der Waals surface area contributed by atoms with E-state index >= 15 is 0 Å². The van der Waals surface area contributed by atoms with Gasteiger partial charge in [0.05, 0.1) is 0 Å². The van der Waals surface area contributed by atoms with Crippen LogP contribution in [0.15, 0.2) is 12.1 Å². The molecule has 0 bridgehead atoms. The van der Waals surface area contributed by atoms with Crippen LogP contribution in [0.4, 0.5) is 10.2 Å². The van der Waals surface area contributed by atoms with E-state index in [1.807, 2.05) is 6.07 Å². The van der Waals surface area contributed by atoms with Crippen molar-refractivity contribution in [3.05, 3.63) is 17.8 Å². The predicted molar refractivity (Wildman–Crippen MR) is 41.2 cm³/mol. The molecule has 0 spiro atoms. The molecule has 0 aromatic carbocycles. The lowest BCUT2D eigenvalue weighted by molar-refractivity contribution is 0.512. The van der Waals surface area contributed by atoms with Crippen LogP contribution < -0.4 is 5.32 Å². The second kappa shape index (κ2) is 4.23. The van der Waals surface area contributed by atoms with Gasteiger partial charge in [-0.3, -0.25) is 0 Å². The molecule has 0 aliphatic heterocycles. The molecule has 0 aliphatic carbocycles. The summed E-state index contributed by atoms with van der Waals surface area (Å²) in [5, 5.41) is 18.3. The van der Waals surface area contributed by atoms with Crippen molar-refractivity contribution in [2.45, 2.75) is 0 Å². The second-order valence-corrected chi connectivity index (χ2v) is 2.03. The van der Waals surface area contributed by atoms with Crippen molar-refractivity contribution in [1.29, 1.82) is 5.26 Å². The molecule has 0 fully saturated rings. The lowest BCUT2D eigenvalue weighted by Crippen LogP contribution is -2.05. The van der Waals surface area contributed by atoms with Crippen LogP contribution in [0.5, 0.6) is 0 Å². The number of alkyl halides is 1. The normalized spacial score (nSPS) is 9.00. The number of hydrogen-bond donors (Lipinski definition) is 1. The second-order valence-electron chi connectivity index (χ2n) is 2.03. The number of aromatic nitrogens is 2. The summed E-state index contributed by atoms with van der Waals surface area (Å²) in [7, 11) is 0. The van der Waals surface area contributed by atoms with Crippen LogP contribution in [-0.4, -0.2) is 23.4 Å². The first-order valence-corrected chi connectivity index (χ1v) is 3.40. The first-order valence-electron chi connectivity index (χ1n) is 3.40. The molecule has 62 valence electrons. The molecule has 0 amide bonds. The molecule has 1 rings (SSSR count). The maximum atomic E-state index is 11.7. The Morgan fingerprint density at radius 1 is 1.50 bits per heavy atom. The highest BCUT2D eigenvalue weighted by molar-refractivity contribution is 5.34. The third kappa shape index (κ3) is 2.16. The maximum absolute atomic E-state index is 11.7. The van der Waals surface area contributed by atoms with Gasteiger partial charge in [-0.1, -0.05) is 0 Å². The fourth-order valence-electron chi connectivity index (χ4n) is 0.661. The fraction of sp³-hybridized carbons (Fsp3) is 0.286. The van der Waals surface area contributed by atoms with Crippen LogP contribution >= 0.6 is 0 Å². The average molecular weight is 166 g/mol. The van der Waals surface area contributed by atoms with Crippen LogP contribution in [0.3, 0.4) is 0 Å². The SMILES string of the molecule is N#Cc1ccc(NCCF)nn1. The summed E-state index contributed by atoms with van der Waals surface area (Å²) in [6.45, 7) is -0.248. The lowest BCUT2D eigenvalue weighted by atomic mass is 10.4. The number of halogens is 1. The zero-order valence-electron chi connectivity index (χ0n) is 6.29. The standard InChI is InChI=1S/C7H7FN4/c8-3-4-10-7-2-1-6(5-9)11-12-7/h1-2H,3-4H2,(H,10,12). The van der Waals surface area contributed by atoms with E-state index in [4.69, 9.17) is 5.26 Å². The van der Waals surface area contributed by atoms with Crippen molar-refractivity contribution in [3.63, 3.8) is 0 Å². The van der Waals surface area contributed by atoms with Gasteiger partial charge in [0.2, 0.25) is 0 Å². The van der Waals surface area contributed by atoms with E-state index < -0.39 is 6.67 Å². The number of nitriles is 1. The Bertz CT molecular complexity index is 276. The summed E-state index contributed by atoms with van der Waals surface area (Å²) in [6, 6.07) is 4.94. The van der Waals surface area contributed by atoms with Crippen molar-refractivity contribution in [2.75, 3.05) is 18.5 Å². The van der Waals surface area contributed by atoms with Gasteiger partial charge in [-0.2, -0.15) is 5.26 Å². The quantitative estimate of drug-likeness (QED) is 0.719. The van der Waals surface area contributed by atoms with E-state index in [1.165, 1.54) is 6.07 Å². The number of nitrogens with one attached hydrogen (secondary N) is 1. The molecular formula is C7H7FN4. The van der Waals surface area contributed by atoms with Crippen LogP contribution in [-0.2, 0) is 0 Å². The molecule has 0 aliphatic rings. The van der Waals surface area contributed by atoms with Gasteiger partial charge in [-0.05, 0) is 12.1 Å². The highest BCUT2D eigenvalue weighted by Crippen LogP contribution is 1.99. The molecule has 0 saturated carbocycles. The Kier molecular flexibility index (Phi) is 2.96. The predicted octanol–water partition coefficient (Wildman–Crippen LogP) is 0.730. The van der Waals surface area contributed by atoms with Crippen molar-refractivity contribution in [3.8, 4) is 6.07 Å². The first-order chi connectivity index (χ1) is 5.86. The number of nitrogens with zero attached hydrogens (tertiary/aromatic N) is 3. The van der Waals surface area contributed by atoms with Gasteiger partial charge in [-0.25, -0.2) is 4.39 Å². The molecule has 5 heteroatoms. The van der Waals surface area contributed by atoms with E-state index in [9.17, 15) is 4.39 Å². The molecule has 1 aromatic rings. The molecule has 12 heavy (non-hydrogen) atoms. The van der Waals surface area contributed by atoms with Gasteiger partial charge < -0.3 is 5.32 Å². The van der Waals surface area contributed by atoms with Crippen LogP contribution in [0.25, 0.3) is 0 Å². The lowest BCUT2D eigenvalue weighted by Gasteiger charge is -1.99. The molecule has 0 saturated heterocycles. The van der Waals surface area contributed by atoms with Gasteiger partial charge >= 0.3 is 0 Å². The smallest absolute Gasteiger partial charge is 0.163 e. The van der Waals surface area contributed by atoms with Crippen molar-refractivity contribution in [2.24, 2.45) is 0 Å². The summed E-state index contributed by atoms with van der Waals surface area (Å²) >= 11 is 0. The number of rotatable bonds is 3. The largest absolute Gasteiger partial charge is 0.366 e.